The number of hydrogen-bond donors (Lipinski definition) is 2. The minimum atomic E-state index is -0.176. The number of rotatable bonds is 7. The van der Waals surface area contributed by atoms with E-state index >= 15 is 0 Å². The number of hydrogen-bond acceptors (Lipinski definition) is 3. The molecule has 4 atom stereocenters. The molecule has 1 aliphatic heterocycles. The topological polar surface area (TPSA) is 35.5 Å². The molecular formula is C16H32N2O. The molecular weight excluding hydrogens is 236 g/mol. The van der Waals surface area contributed by atoms with Crippen molar-refractivity contribution in [1.82, 2.24) is 10.2 Å². The highest BCUT2D eigenvalue weighted by Gasteiger charge is 2.38. The summed E-state index contributed by atoms with van der Waals surface area (Å²) >= 11 is 0. The van der Waals surface area contributed by atoms with E-state index in [1.165, 1.54) is 32.2 Å². The van der Waals surface area contributed by atoms with Gasteiger partial charge in [0.1, 0.15) is 0 Å². The fraction of sp³-hybridized carbons (Fsp3) is 1.00. The third-order valence-corrected chi connectivity index (χ3v) is 4.93. The average molecular weight is 268 g/mol. The molecule has 1 aliphatic carbocycles. The van der Waals surface area contributed by atoms with E-state index in [0.717, 1.165) is 31.5 Å². The highest BCUT2D eigenvalue weighted by Crippen LogP contribution is 2.38. The van der Waals surface area contributed by atoms with Gasteiger partial charge in [0.25, 0.3) is 0 Å². The van der Waals surface area contributed by atoms with E-state index in [4.69, 9.17) is 0 Å². The maximum absolute atomic E-state index is 9.99. The Kier molecular flexibility index (Phi) is 5.67. The van der Waals surface area contributed by atoms with Crippen LogP contribution in [0.25, 0.3) is 0 Å². The van der Waals surface area contributed by atoms with Gasteiger partial charge >= 0.3 is 0 Å². The highest BCUT2D eigenvalue weighted by molar-refractivity contribution is 4.93. The molecule has 2 fully saturated rings. The summed E-state index contributed by atoms with van der Waals surface area (Å²) < 4.78 is 0. The lowest BCUT2D eigenvalue weighted by atomic mass is 9.88. The molecule has 0 aromatic carbocycles. The molecule has 4 unspecified atom stereocenters. The lowest BCUT2D eigenvalue weighted by Crippen LogP contribution is -2.55. The van der Waals surface area contributed by atoms with Crippen LogP contribution < -0.4 is 5.32 Å². The number of likely N-dealkylation sites (tertiary alicyclic amines) is 1. The molecule has 19 heavy (non-hydrogen) atoms. The maximum atomic E-state index is 9.99. The number of piperidine rings is 1. The predicted molar refractivity (Wildman–Crippen MR) is 80.2 cm³/mol. The first-order chi connectivity index (χ1) is 9.15. The third-order valence-electron chi connectivity index (χ3n) is 4.93. The first-order valence-electron chi connectivity index (χ1n) is 8.31. The van der Waals surface area contributed by atoms with Crippen LogP contribution >= 0.6 is 0 Å². The quantitative estimate of drug-likeness (QED) is 0.743. The standard InChI is InChI=1S/C16H32N2O/c1-4-8-17-15-9-14(12(3)19)10-18(11-15)16(5-2)13-6-7-13/h12-17,19H,4-11H2,1-3H3. The smallest absolute Gasteiger partial charge is 0.0553 e. The van der Waals surface area contributed by atoms with Gasteiger partial charge in [0.15, 0.2) is 0 Å². The largest absolute Gasteiger partial charge is 0.393 e. The summed E-state index contributed by atoms with van der Waals surface area (Å²) in [6.07, 6.45) is 6.25. The van der Waals surface area contributed by atoms with Crippen molar-refractivity contribution in [3.05, 3.63) is 0 Å². The van der Waals surface area contributed by atoms with Crippen LogP contribution in [0.4, 0.5) is 0 Å². The van der Waals surface area contributed by atoms with Crippen LogP contribution in [-0.2, 0) is 0 Å². The van der Waals surface area contributed by atoms with Gasteiger partial charge in [-0.2, -0.15) is 0 Å². The van der Waals surface area contributed by atoms with E-state index in [1.807, 2.05) is 6.92 Å². The van der Waals surface area contributed by atoms with Crippen molar-refractivity contribution < 1.29 is 5.11 Å². The van der Waals surface area contributed by atoms with Crippen molar-refractivity contribution in [2.24, 2.45) is 11.8 Å². The van der Waals surface area contributed by atoms with Crippen molar-refractivity contribution >= 4 is 0 Å². The Labute approximate surface area is 118 Å². The van der Waals surface area contributed by atoms with E-state index in [2.05, 4.69) is 24.1 Å². The number of aliphatic hydroxyl groups excluding tert-OH is 1. The van der Waals surface area contributed by atoms with Crippen LogP contribution in [0.5, 0.6) is 0 Å². The SMILES string of the molecule is CCCNC1CC(C(C)O)CN(C(CC)C2CC2)C1. The van der Waals surface area contributed by atoms with Gasteiger partial charge < -0.3 is 10.4 Å². The van der Waals surface area contributed by atoms with Crippen molar-refractivity contribution in [2.45, 2.75) is 71.1 Å². The zero-order chi connectivity index (χ0) is 13.8. The fourth-order valence-electron chi connectivity index (χ4n) is 3.66. The lowest BCUT2D eigenvalue weighted by Gasteiger charge is -2.43. The summed E-state index contributed by atoms with van der Waals surface area (Å²) in [6, 6.07) is 1.33. The van der Waals surface area contributed by atoms with Crippen LogP contribution in [0.2, 0.25) is 0 Å². The third kappa shape index (κ3) is 4.17. The van der Waals surface area contributed by atoms with E-state index in [9.17, 15) is 5.11 Å². The van der Waals surface area contributed by atoms with E-state index in [-0.39, 0.29) is 6.10 Å². The Morgan fingerprint density at radius 3 is 2.47 bits per heavy atom. The first kappa shape index (κ1) is 15.3. The van der Waals surface area contributed by atoms with Gasteiger partial charge in [-0.1, -0.05) is 13.8 Å². The molecule has 0 aromatic rings. The molecule has 2 N–H and O–H groups in total. The molecule has 112 valence electrons. The second-order valence-electron chi connectivity index (χ2n) is 6.65. The van der Waals surface area contributed by atoms with Gasteiger partial charge in [-0.3, -0.25) is 4.90 Å². The normalized spacial score (nSPS) is 32.2. The van der Waals surface area contributed by atoms with Crippen LogP contribution in [0.1, 0.15) is 52.9 Å². The highest BCUT2D eigenvalue weighted by atomic mass is 16.3. The molecule has 0 radical (unpaired) electrons. The number of nitrogens with zero attached hydrogens (tertiary/aromatic N) is 1. The van der Waals surface area contributed by atoms with Gasteiger partial charge in [-0.25, -0.2) is 0 Å². The molecule has 0 bridgehead atoms. The van der Waals surface area contributed by atoms with Gasteiger partial charge in [0.05, 0.1) is 6.10 Å². The molecule has 2 rings (SSSR count). The summed E-state index contributed by atoms with van der Waals surface area (Å²) in [6.45, 7) is 9.88. The van der Waals surface area contributed by atoms with Gasteiger partial charge in [-0.05, 0) is 57.4 Å². The molecule has 0 aromatic heterocycles. The maximum Gasteiger partial charge on any atom is 0.0553 e. The van der Waals surface area contributed by atoms with E-state index < -0.39 is 0 Å². The summed E-state index contributed by atoms with van der Waals surface area (Å²) in [5.74, 6) is 1.38. The fourth-order valence-corrected chi connectivity index (χ4v) is 3.66. The Hall–Kier alpha value is -0.120. The van der Waals surface area contributed by atoms with Crippen molar-refractivity contribution in [1.29, 1.82) is 0 Å². The molecule has 3 heteroatoms. The number of aliphatic hydroxyl groups is 1. The average Bonchev–Trinajstić information content (AvgIpc) is 3.21. The molecule has 1 heterocycles. The number of nitrogens with one attached hydrogen (secondary N) is 1. The molecule has 2 aliphatic rings. The van der Waals surface area contributed by atoms with E-state index in [1.54, 1.807) is 0 Å². The zero-order valence-electron chi connectivity index (χ0n) is 12.9. The molecule has 0 amide bonds. The molecule has 0 spiro atoms. The summed E-state index contributed by atoms with van der Waals surface area (Å²) in [5.41, 5.74) is 0. The monoisotopic (exact) mass is 268 g/mol. The summed E-state index contributed by atoms with van der Waals surface area (Å²) in [5, 5.41) is 13.7. The van der Waals surface area contributed by atoms with Crippen LogP contribution in [0, 0.1) is 11.8 Å². The minimum absolute atomic E-state index is 0.176. The van der Waals surface area contributed by atoms with Crippen LogP contribution in [0.15, 0.2) is 0 Å². The van der Waals surface area contributed by atoms with Crippen molar-refractivity contribution in [3.63, 3.8) is 0 Å². The predicted octanol–water partition coefficient (Wildman–Crippen LogP) is 2.25. The first-order valence-corrected chi connectivity index (χ1v) is 8.31. The summed E-state index contributed by atoms with van der Waals surface area (Å²) in [4.78, 5) is 2.67. The summed E-state index contributed by atoms with van der Waals surface area (Å²) in [7, 11) is 0. The van der Waals surface area contributed by atoms with Crippen LogP contribution in [-0.4, -0.2) is 47.8 Å². The zero-order valence-corrected chi connectivity index (χ0v) is 12.9. The Bertz CT molecular complexity index is 265. The van der Waals surface area contributed by atoms with E-state index in [0.29, 0.717) is 12.0 Å². The Morgan fingerprint density at radius 1 is 1.21 bits per heavy atom. The molecule has 1 saturated heterocycles. The van der Waals surface area contributed by atoms with Crippen molar-refractivity contribution in [3.8, 4) is 0 Å². The second kappa shape index (κ2) is 7.05. The Morgan fingerprint density at radius 2 is 1.95 bits per heavy atom. The van der Waals surface area contributed by atoms with Gasteiger partial charge in [0.2, 0.25) is 0 Å². The van der Waals surface area contributed by atoms with Crippen LogP contribution in [0.3, 0.4) is 0 Å². The lowest BCUT2D eigenvalue weighted by molar-refractivity contribution is 0.0233. The Balaban J connectivity index is 1.96. The molecule has 1 saturated carbocycles. The van der Waals surface area contributed by atoms with Crippen molar-refractivity contribution in [2.75, 3.05) is 19.6 Å². The second-order valence-corrected chi connectivity index (χ2v) is 6.65. The minimum Gasteiger partial charge on any atom is -0.393 e. The van der Waals surface area contributed by atoms with Gasteiger partial charge in [-0.15, -0.1) is 0 Å². The molecule has 3 nitrogen and oxygen atoms in total. The van der Waals surface area contributed by atoms with Gasteiger partial charge in [0, 0.05) is 25.2 Å².